The highest BCUT2D eigenvalue weighted by Gasteiger charge is 2.24. The number of nitrogens with zero attached hydrogens (tertiary/aromatic N) is 3. The molecule has 4 rings (SSSR count). The Hall–Kier alpha value is -4.19. The van der Waals surface area contributed by atoms with Crippen LogP contribution in [-0.4, -0.2) is 38.2 Å². The summed E-state index contributed by atoms with van der Waals surface area (Å²) >= 11 is 0. The molecule has 1 aromatic heterocycles. The van der Waals surface area contributed by atoms with E-state index in [9.17, 15) is 14.7 Å². The molecule has 1 N–H and O–H groups in total. The minimum Gasteiger partial charge on any atom is -0.480 e. The summed E-state index contributed by atoms with van der Waals surface area (Å²) in [6.07, 6.45) is 0. The van der Waals surface area contributed by atoms with Gasteiger partial charge in [-0.05, 0) is 30.7 Å². The normalized spacial score (nSPS) is 10.7. The number of aliphatic carboxylic acids is 1. The van der Waals surface area contributed by atoms with Crippen molar-refractivity contribution in [2.45, 2.75) is 13.5 Å². The van der Waals surface area contributed by atoms with E-state index < -0.39 is 18.4 Å². The molecule has 160 valence electrons. The molecule has 0 aliphatic rings. The van der Waals surface area contributed by atoms with Gasteiger partial charge in [0.15, 0.2) is 5.69 Å². The molecule has 0 spiro atoms. The number of carboxylic acids is 1. The molecule has 0 unspecified atom stereocenters. The minimum absolute atomic E-state index is 0.186. The van der Waals surface area contributed by atoms with Gasteiger partial charge in [-0.25, -0.2) is 4.68 Å². The van der Waals surface area contributed by atoms with Gasteiger partial charge in [0, 0.05) is 12.1 Å². The Morgan fingerprint density at radius 1 is 0.906 bits per heavy atom. The third kappa shape index (κ3) is 4.75. The van der Waals surface area contributed by atoms with Crippen molar-refractivity contribution in [1.82, 2.24) is 14.7 Å². The Kier molecular flexibility index (Phi) is 6.12. The molecule has 0 aliphatic carbocycles. The van der Waals surface area contributed by atoms with Crippen molar-refractivity contribution < 1.29 is 14.7 Å². The lowest BCUT2D eigenvalue weighted by molar-refractivity contribution is -0.137. The highest BCUT2D eigenvalue weighted by Crippen LogP contribution is 2.25. The molecule has 1 heterocycles. The van der Waals surface area contributed by atoms with Crippen molar-refractivity contribution in [1.29, 1.82) is 0 Å². The van der Waals surface area contributed by atoms with E-state index in [-0.39, 0.29) is 12.2 Å². The average molecular weight is 425 g/mol. The summed E-state index contributed by atoms with van der Waals surface area (Å²) in [7, 11) is 0. The van der Waals surface area contributed by atoms with Crippen LogP contribution in [0.2, 0.25) is 0 Å². The van der Waals surface area contributed by atoms with Crippen molar-refractivity contribution in [2.24, 2.45) is 0 Å². The third-order valence-electron chi connectivity index (χ3n) is 5.07. The van der Waals surface area contributed by atoms with Crippen LogP contribution in [0.25, 0.3) is 16.9 Å². The van der Waals surface area contributed by atoms with Gasteiger partial charge in [-0.1, -0.05) is 78.4 Å². The molecule has 0 aliphatic heterocycles. The summed E-state index contributed by atoms with van der Waals surface area (Å²) in [4.78, 5) is 26.2. The first-order chi connectivity index (χ1) is 15.5. The highest BCUT2D eigenvalue weighted by molar-refractivity contribution is 5.95. The van der Waals surface area contributed by atoms with Crippen LogP contribution < -0.4 is 0 Å². The predicted octanol–water partition coefficient (Wildman–Crippen LogP) is 4.57. The monoisotopic (exact) mass is 425 g/mol. The smallest absolute Gasteiger partial charge is 0.323 e. The first-order valence-corrected chi connectivity index (χ1v) is 10.3. The van der Waals surface area contributed by atoms with E-state index in [0.29, 0.717) is 0 Å². The van der Waals surface area contributed by atoms with Gasteiger partial charge in [0.2, 0.25) is 0 Å². The number of aryl methyl sites for hydroxylation is 1. The Bertz CT molecular complexity index is 1180. The van der Waals surface area contributed by atoms with Crippen LogP contribution >= 0.6 is 0 Å². The lowest BCUT2D eigenvalue weighted by Gasteiger charge is -2.20. The Morgan fingerprint density at radius 3 is 2.25 bits per heavy atom. The number of carbonyl (C=O) groups is 2. The molecule has 6 heteroatoms. The molecule has 0 fully saturated rings. The molecule has 0 radical (unpaired) electrons. The zero-order chi connectivity index (χ0) is 22.5. The maximum absolute atomic E-state index is 13.4. The fourth-order valence-electron chi connectivity index (χ4n) is 3.62. The van der Waals surface area contributed by atoms with Gasteiger partial charge in [-0.3, -0.25) is 9.59 Å². The van der Waals surface area contributed by atoms with E-state index in [1.54, 1.807) is 10.7 Å². The number of benzene rings is 3. The van der Waals surface area contributed by atoms with E-state index in [0.717, 1.165) is 28.1 Å². The SMILES string of the molecule is Cc1cccc(CN(CC(=O)O)C(=O)c2cc(-c3ccccc3)n(-c3ccccc3)n2)c1. The highest BCUT2D eigenvalue weighted by atomic mass is 16.4. The van der Waals surface area contributed by atoms with Crippen molar-refractivity contribution >= 4 is 11.9 Å². The standard InChI is InChI=1S/C26H23N3O3/c1-19-9-8-10-20(15-19)17-28(18-25(30)31)26(32)23-16-24(21-11-4-2-5-12-21)29(27-23)22-13-6-3-7-14-22/h2-16H,17-18H2,1H3,(H,30,31). The number of amides is 1. The summed E-state index contributed by atoms with van der Waals surface area (Å²) in [5, 5.41) is 14.0. The second-order valence-corrected chi connectivity index (χ2v) is 7.57. The van der Waals surface area contributed by atoms with Gasteiger partial charge in [-0.2, -0.15) is 5.10 Å². The summed E-state index contributed by atoms with van der Waals surface area (Å²) in [5.74, 6) is -1.50. The van der Waals surface area contributed by atoms with E-state index >= 15 is 0 Å². The molecule has 0 saturated heterocycles. The van der Waals surface area contributed by atoms with Crippen molar-refractivity contribution in [3.63, 3.8) is 0 Å². The Morgan fingerprint density at radius 2 is 1.59 bits per heavy atom. The zero-order valence-corrected chi connectivity index (χ0v) is 17.7. The zero-order valence-electron chi connectivity index (χ0n) is 17.7. The quantitative estimate of drug-likeness (QED) is 0.470. The second kappa shape index (κ2) is 9.31. The Balaban J connectivity index is 1.74. The van der Waals surface area contributed by atoms with Crippen LogP contribution in [0.3, 0.4) is 0 Å². The largest absolute Gasteiger partial charge is 0.480 e. The topological polar surface area (TPSA) is 75.4 Å². The second-order valence-electron chi connectivity index (χ2n) is 7.57. The number of carbonyl (C=O) groups excluding carboxylic acids is 1. The summed E-state index contributed by atoms with van der Waals surface area (Å²) in [5.41, 5.74) is 4.59. The fraction of sp³-hybridized carbons (Fsp3) is 0.115. The minimum atomic E-state index is -1.07. The fourth-order valence-corrected chi connectivity index (χ4v) is 3.62. The molecule has 0 saturated carbocycles. The number of rotatable bonds is 7. The molecule has 6 nitrogen and oxygen atoms in total. The molecular formula is C26H23N3O3. The third-order valence-corrected chi connectivity index (χ3v) is 5.07. The number of hydrogen-bond donors (Lipinski definition) is 1. The maximum Gasteiger partial charge on any atom is 0.323 e. The van der Waals surface area contributed by atoms with Gasteiger partial charge < -0.3 is 10.0 Å². The first-order valence-electron chi connectivity index (χ1n) is 10.3. The van der Waals surface area contributed by atoms with Gasteiger partial charge >= 0.3 is 5.97 Å². The predicted molar refractivity (Wildman–Crippen MR) is 123 cm³/mol. The van der Waals surface area contributed by atoms with E-state index in [1.807, 2.05) is 91.9 Å². The van der Waals surface area contributed by atoms with Gasteiger partial charge in [0.1, 0.15) is 6.54 Å². The molecule has 32 heavy (non-hydrogen) atoms. The van der Waals surface area contributed by atoms with Crippen molar-refractivity contribution in [3.8, 4) is 16.9 Å². The van der Waals surface area contributed by atoms with Crippen LogP contribution in [0.15, 0.2) is 91.0 Å². The van der Waals surface area contributed by atoms with Gasteiger partial charge in [-0.15, -0.1) is 0 Å². The number of para-hydroxylation sites is 1. The average Bonchev–Trinajstić information content (AvgIpc) is 3.25. The van der Waals surface area contributed by atoms with Crippen LogP contribution in [0.4, 0.5) is 0 Å². The first kappa shape index (κ1) is 21.1. The number of carboxylic acid groups (broad SMARTS) is 1. The van der Waals surface area contributed by atoms with Crippen molar-refractivity contribution in [2.75, 3.05) is 6.54 Å². The van der Waals surface area contributed by atoms with E-state index in [1.165, 1.54) is 4.90 Å². The molecule has 0 atom stereocenters. The number of hydrogen-bond acceptors (Lipinski definition) is 3. The van der Waals surface area contributed by atoms with Crippen LogP contribution in [-0.2, 0) is 11.3 Å². The Labute approximate surface area is 186 Å². The summed E-state index contributed by atoms with van der Waals surface area (Å²) < 4.78 is 1.72. The number of aromatic nitrogens is 2. The lowest BCUT2D eigenvalue weighted by Crippen LogP contribution is -2.35. The van der Waals surface area contributed by atoms with Crippen LogP contribution in [0.1, 0.15) is 21.6 Å². The molecular weight excluding hydrogens is 402 g/mol. The van der Waals surface area contributed by atoms with Gasteiger partial charge in [0.25, 0.3) is 5.91 Å². The summed E-state index contributed by atoms with van der Waals surface area (Å²) in [6, 6.07) is 28.6. The molecule has 0 bridgehead atoms. The summed E-state index contributed by atoms with van der Waals surface area (Å²) in [6.45, 7) is 1.73. The maximum atomic E-state index is 13.4. The lowest BCUT2D eigenvalue weighted by atomic mass is 10.1. The molecule has 1 amide bonds. The van der Waals surface area contributed by atoms with E-state index in [4.69, 9.17) is 0 Å². The van der Waals surface area contributed by atoms with E-state index in [2.05, 4.69) is 5.10 Å². The van der Waals surface area contributed by atoms with Crippen LogP contribution in [0, 0.1) is 6.92 Å². The van der Waals surface area contributed by atoms with Crippen molar-refractivity contribution in [3.05, 3.63) is 108 Å². The van der Waals surface area contributed by atoms with Gasteiger partial charge in [0.05, 0.1) is 11.4 Å². The van der Waals surface area contributed by atoms with Crippen LogP contribution in [0.5, 0.6) is 0 Å². The molecule has 3 aromatic carbocycles. The molecule has 4 aromatic rings.